The van der Waals surface area contributed by atoms with Crippen LogP contribution in [0, 0.1) is 0 Å². The van der Waals surface area contributed by atoms with Crippen LogP contribution < -0.4 is 10.2 Å². The van der Waals surface area contributed by atoms with E-state index in [1.165, 1.54) is 12.3 Å². The summed E-state index contributed by atoms with van der Waals surface area (Å²) in [6, 6.07) is 15.2. The Morgan fingerprint density at radius 3 is 2.46 bits per heavy atom. The lowest BCUT2D eigenvalue weighted by molar-refractivity contribution is 0.306. The number of benzene rings is 2. The molecule has 0 saturated carbocycles. The molecule has 0 saturated heterocycles. The zero-order valence-corrected chi connectivity index (χ0v) is 14.9. The summed E-state index contributed by atoms with van der Waals surface area (Å²) < 4.78 is 16.8. The number of ether oxygens (including phenoxy) is 1. The number of halogens is 2. The fourth-order valence-electron chi connectivity index (χ4n) is 2.59. The highest BCUT2D eigenvalue weighted by molar-refractivity contribution is 6.35. The lowest BCUT2D eigenvalue weighted by Gasteiger charge is -2.10. The Morgan fingerprint density at radius 1 is 0.923 bits per heavy atom. The predicted octanol–water partition coefficient (Wildman–Crippen LogP) is 5.94. The number of fused-ring (bicyclic) bond motifs is 1. The second-order valence-electron chi connectivity index (χ2n) is 5.60. The largest absolute Gasteiger partial charge is 0.489 e. The van der Waals surface area contributed by atoms with Crippen molar-refractivity contribution in [2.45, 2.75) is 6.61 Å². The van der Waals surface area contributed by atoms with Crippen LogP contribution in [0.1, 0.15) is 5.56 Å². The number of furan rings is 1. The fraction of sp³-hybridized carbons (Fsp3) is 0.0500. The summed E-state index contributed by atoms with van der Waals surface area (Å²) in [4.78, 5) is 12.4. The van der Waals surface area contributed by atoms with Crippen molar-refractivity contribution >= 4 is 34.2 Å². The van der Waals surface area contributed by atoms with Crippen molar-refractivity contribution in [1.29, 1.82) is 0 Å². The van der Waals surface area contributed by atoms with Crippen molar-refractivity contribution in [2.24, 2.45) is 0 Å². The first-order valence-corrected chi connectivity index (χ1v) is 8.55. The fourth-order valence-corrected chi connectivity index (χ4v) is 3.10. The molecule has 26 heavy (non-hydrogen) atoms. The molecule has 0 spiro atoms. The van der Waals surface area contributed by atoms with E-state index in [0.717, 1.165) is 0 Å². The van der Waals surface area contributed by atoms with Crippen molar-refractivity contribution < 1.29 is 13.6 Å². The van der Waals surface area contributed by atoms with E-state index in [0.29, 0.717) is 43.8 Å². The summed E-state index contributed by atoms with van der Waals surface area (Å²) in [6.07, 6.45) is 1.52. The Balaban J connectivity index is 1.65. The van der Waals surface area contributed by atoms with Crippen LogP contribution >= 0.6 is 23.2 Å². The minimum Gasteiger partial charge on any atom is -0.489 e. The van der Waals surface area contributed by atoms with Gasteiger partial charge in [0.2, 0.25) is 0 Å². The van der Waals surface area contributed by atoms with Gasteiger partial charge in [-0.3, -0.25) is 4.79 Å². The molecule has 0 radical (unpaired) electrons. The molecule has 0 aliphatic rings. The molecule has 4 rings (SSSR count). The molecule has 2 aromatic carbocycles. The summed E-state index contributed by atoms with van der Waals surface area (Å²) in [5.41, 5.74) is 0.960. The number of rotatable bonds is 4. The molecule has 0 atom stereocenters. The van der Waals surface area contributed by atoms with Gasteiger partial charge in [-0.05, 0) is 42.5 Å². The monoisotopic (exact) mass is 386 g/mol. The number of hydrogen-bond acceptors (Lipinski definition) is 4. The Labute approximate surface area is 158 Å². The molecular weight excluding hydrogens is 375 g/mol. The smallest absolute Gasteiger partial charge is 0.193 e. The van der Waals surface area contributed by atoms with Crippen LogP contribution in [0.25, 0.3) is 22.5 Å². The SMILES string of the molecule is O=c1cc(-c2ccco2)oc2ccc(OCc3c(Cl)cccc3Cl)cc12. The van der Waals surface area contributed by atoms with Gasteiger partial charge in [-0.25, -0.2) is 0 Å². The van der Waals surface area contributed by atoms with Crippen LogP contribution in [0.3, 0.4) is 0 Å². The second kappa shape index (κ2) is 6.90. The maximum atomic E-state index is 12.4. The van der Waals surface area contributed by atoms with E-state index >= 15 is 0 Å². The van der Waals surface area contributed by atoms with Gasteiger partial charge < -0.3 is 13.6 Å². The maximum absolute atomic E-state index is 12.4. The van der Waals surface area contributed by atoms with Gasteiger partial charge in [0.25, 0.3) is 0 Å². The van der Waals surface area contributed by atoms with E-state index in [4.69, 9.17) is 36.8 Å². The molecule has 0 amide bonds. The first-order valence-electron chi connectivity index (χ1n) is 7.79. The van der Waals surface area contributed by atoms with Gasteiger partial charge in [0.15, 0.2) is 16.9 Å². The van der Waals surface area contributed by atoms with Gasteiger partial charge >= 0.3 is 0 Å². The third-order valence-corrected chi connectivity index (χ3v) is 4.62. The van der Waals surface area contributed by atoms with E-state index in [9.17, 15) is 4.79 Å². The average molecular weight is 387 g/mol. The van der Waals surface area contributed by atoms with Crippen LogP contribution in [0.2, 0.25) is 10.0 Å². The lowest BCUT2D eigenvalue weighted by atomic mass is 10.2. The van der Waals surface area contributed by atoms with Gasteiger partial charge in [-0.2, -0.15) is 0 Å². The van der Waals surface area contributed by atoms with Gasteiger partial charge in [0, 0.05) is 21.7 Å². The Hall–Kier alpha value is -2.69. The molecule has 2 aromatic heterocycles. The summed E-state index contributed by atoms with van der Waals surface area (Å²) in [7, 11) is 0. The van der Waals surface area contributed by atoms with Crippen molar-refractivity contribution in [2.75, 3.05) is 0 Å². The standard InChI is InChI=1S/C20H12Cl2O4/c21-15-3-1-4-16(22)14(15)11-25-12-6-7-18-13(9-12)17(23)10-20(26-18)19-5-2-8-24-19/h1-10H,11H2. The first-order chi connectivity index (χ1) is 12.6. The lowest BCUT2D eigenvalue weighted by Crippen LogP contribution is -2.02. The highest BCUT2D eigenvalue weighted by Crippen LogP contribution is 2.28. The predicted molar refractivity (Wildman–Crippen MR) is 101 cm³/mol. The van der Waals surface area contributed by atoms with Crippen molar-refractivity contribution in [1.82, 2.24) is 0 Å². The highest BCUT2D eigenvalue weighted by Gasteiger charge is 2.11. The van der Waals surface area contributed by atoms with E-state index < -0.39 is 0 Å². The summed E-state index contributed by atoms with van der Waals surface area (Å²) in [6.45, 7) is 0.194. The van der Waals surface area contributed by atoms with E-state index in [1.54, 1.807) is 48.5 Å². The molecule has 0 unspecified atom stereocenters. The molecule has 4 nitrogen and oxygen atoms in total. The summed E-state index contributed by atoms with van der Waals surface area (Å²) in [5, 5.41) is 1.48. The molecule has 0 bridgehead atoms. The van der Waals surface area contributed by atoms with Gasteiger partial charge in [0.1, 0.15) is 17.9 Å². The van der Waals surface area contributed by atoms with E-state index in [1.807, 2.05) is 0 Å². The molecule has 0 fully saturated rings. The van der Waals surface area contributed by atoms with Crippen molar-refractivity contribution in [3.05, 3.63) is 86.7 Å². The minimum absolute atomic E-state index is 0.182. The Morgan fingerprint density at radius 2 is 1.73 bits per heavy atom. The van der Waals surface area contributed by atoms with Crippen LogP contribution in [0.4, 0.5) is 0 Å². The minimum atomic E-state index is -0.182. The van der Waals surface area contributed by atoms with Gasteiger partial charge in [-0.1, -0.05) is 29.3 Å². The number of hydrogen-bond donors (Lipinski definition) is 0. The van der Waals surface area contributed by atoms with Crippen molar-refractivity contribution in [3.63, 3.8) is 0 Å². The zero-order chi connectivity index (χ0) is 18.1. The summed E-state index contributed by atoms with van der Waals surface area (Å²) >= 11 is 12.3. The first kappa shape index (κ1) is 16.8. The topological polar surface area (TPSA) is 52.6 Å². The molecule has 0 aliphatic carbocycles. The average Bonchev–Trinajstić information content (AvgIpc) is 3.16. The third kappa shape index (κ3) is 3.21. The van der Waals surface area contributed by atoms with E-state index in [2.05, 4.69) is 0 Å². The van der Waals surface area contributed by atoms with Gasteiger partial charge in [0.05, 0.1) is 11.6 Å². The normalized spacial score (nSPS) is 11.0. The maximum Gasteiger partial charge on any atom is 0.193 e. The van der Waals surface area contributed by atoms with Crippen LogP contribution in [-0.4, -0.2) is 0 Å². The Kier molecular flexibility index (Phi) is 4.45. The Bertz CT molecular complexity index is 1110. The molecule has 0 N–H and O–H groups in total. The molecule has 130 valence electrons. The highest BCUT2D eigenvalue weighted by atomic mass is 35.5. The zero-order valence-electron chi connectivity index (χ0n) is 13.4. The summed E-state index contributed by atoms with van der Waals surface area (Å²) in [5.74, 6) is 1.40. The van der Waals surface area contributed by atoms with Gasteiger partial charge in [-0.15, -0.1) is 0 Å². The third-order valence-electron chi connectivity index (χ3n) is 3.91. The quantitative estimate of drug-likeness (QED) is 0.435. The van der Waals surface area contributed by atoms with Crippen LogP contribution in [0.5, 0.6) is 5.75 Å². The molecule has 0 aliphatic heterocycles. The second-order valence-corrected chi connectivity index (χ2v) is 6.41. The van der Waals surface area contributed by atoms with E-state index in [-0.39, 0.29) is 12.0 Å². The molecule has 6 heteroatoms. The van der Waals surface area contributed by atoms with Crippen LogP contribution in [-0.2, 0) is 6.61 Å². The molecule has 4 aromatic rings. The molecular formula is C20H12Cl2O4. The van der Waals surface area contributed by atoms with Crippen molar-refractivity contribution in [3.8, 4) is 17.3 Å². The van der Waals surface area contributed by atoms with Crippen LogP contribution in [0.15, 0.2) is 74.5 Å². The molecule has 2 heterocycles.